The van der Waals surface area contributed by atoms with Gasteiger partial charge in [0, 0.05) is 17.3 Å². The third-order valence-electron chi connectivity index (χ3n) is 6.20. The summed E-state index contributed by atoms with van der Waals surface area (Å²) in [6, 6.07) is 17.8. The van der Waals surface area contributed by atoms with Crippen molar-refractivity contribution in [2.75, 3.05) is 0 Å². The molecule has 162 valence electrons. The monoisotopic (exact) mass is 443 g/mol. The number of amides is 1. The number of nitrogens with zero attached hydrogens (tertiary/aromatic N) is 2. The summed E-state index contributed by atoms with van der Waals surface area (Å²) in [4.78, 5) is 26.7. The molecule has 0 radical (unpaired) electrons. The highest BCUT2D eigenvalue weighted by molar-refractivity contribution is 7.10. The van der Waals surface area contributed by atoms with Gasteiger partial charge in [0.15, 0.2) is 0 Å². The van der Waals surface area contributed by atoms with Crippen molar-refractivity contribution in [3.05, 3.63) is 97.6 Å². The number of nitrogens with one attached hydrogen (secondary N) is 1. The van der Waals surface area contributed by atoms with E-state index in [0.29, 0.717) is 11.1 Å². The molecule has 1 unspecified atom stereocenters. The van der Waals surface area contributed by atoms with Crippen LogP contribution in [0.2, 0.25) is 0 Å². The lowest BCUT2D eigenvalue weighted by atomic mass is 9.89. The molecule has 1 amide bonds. The first-order valence-corrected chi connectivity index (χ1v) is 11.9. The van der Waals surface area contributed by atoms with Crippen LogP contribution in [-0.4, -0.2) is 15.7 Å². The Labute approximate surface area is 190 Å². The highest BCUT2D eigenvalue weighted by Gasteiger charge is 2.21. The zero-order chi connectivity index (χ0) is 22.1. The van der Waals surface area contributed by atoms with Crippen LogP contribution >= 0.6 is 11.3 Å². The van der Waals surface area contributed by atoms with Gasteiger partial charge in [-0.15, -0.1) is 11.3 Å². The van der Waals surface area contributed by atoms with Crippen LogP contribution in [0.5, 0.6) is 0 Å². The first-order valence-electron chi connectivity index (χ1n) is 11.0. The lowest BCUT2D eigenvalue weighted by Gasteiger charge is -2.22. The zero-order valence-corrected chi connectivity index (χ0v) is 18.8. The molecule has 0 aliphatic heterocycles. The van der Waals surface area contributed by atoms with E-state index in [9.17, 15) is 9.59 Å². The Balaban J connectivity index is 1.45. The lowest BCUT2D eigenvalue weighted by molar-refractivity contribution is -0.121. The second kappa shape index (κ2) is 8.71. The summed E-state index contributed by atoms with van der Waals surface area (Å²) in [6.45, 7) is 0. The molecule has 2 aromatic heterocycles. The van der Waals surface area contributed by atoms with Crippen LogP contribution in [0.3, 0.4) is 0 Å². The van der Waals surface area contributed by atoms with Gasteiger partial charge >= 0.3 is 0 Å². The van der Waals surface area contributed by atoms with Gasteiger partial charge in [0.25, 0.3) is 5.56 Å². The number of aromatic nitrogens is 2. The normalized spacial score (nSPS) is 14.2. The summed E-state index contributed by atoms with van der Waals surface area (Å²) in [7, 11) is 1.62. The van der Waals surface area contributed by atoms with E-state index in [2.05, 4.69) is 34.7 Å². The molecule has 0 bridgehead atoms. The Morgan fingerprint density at radius 1 is 1.06 bits per heavy atom. The van der Waals surface area contributed by atoms with E-state index in [1.165, 1.54) is 28.7 Å². The molecule has 32 heavy (non-hydrogen) atoms. The smallest absolute Gasteiger partial charge is 0.274 e. The number of fused-ring (bicyclic) bond motifs is 2. The predicted octanol–water partition coefficient (Wildman–Crippen LogP) is 4.32. The number of aryl methyl sites for hydroxylation is 3. The minimum absolute atomic E-state index is 0.113. The summed E-state index contributed by atoms with van der Waals surface area (Å²) < 4.78 is 1.31. The van der Waals surface area contributed by atoms with E-state index in [1.807, 2.05) is 29.6 Å². The number of hydrogen-bond donors (Lipinski definition) is 1. The summed E-state index contributed by atoms with van der Waals surface area (Å²) in [5, 5.41) is 11.0. The number of hydrogen-bond acceptors (Lipinski definition) is 4. The van der Waals surface area contributed by atoms with Crippen molar-refractivity contribution in [3.63, 3.8) is 0 Å². The third kappa shape index (κ3) is 3.98. The maximum Gasteiger partial charge on any atom is 0.274 e. The molecule has 2 aromatic carbocycles. The first kappa shape index (κ1) is 20.6. The van der Waals surface area contributed by atoms with E-state index >= 15 is 0 Å². The molecule has 0 saturated carbocycles. The van der Waals surface area contributed by atoms with E-state index < -0.39 is 0 Å². The zero-order valence-electron chi connectivity index (χ0n) is 18.0. The van der Waals surface area contributed by atoms with Gasteiger partial charge in [0.05, 0.1) is 23.5 Å². The van der Waals surface area contributed by atoms with E-state index in [1.54, 1.807) is 24.5 Å². The van der Waals surface area contributed by atoms with Gasteiger partial charge in [-0.05, 0) is 59.9 Å². The summed E-state index contributed by atoms with van der Waals surface area (Å²) >= 11 is 1.64. The molecule has 4 aromatic rings. The van der Waals surface area contributed by atoms with Gasteiger partial charge in [-0.2, -0.15) is 5.10 Å². The molecule has 2 heterocycles. The second-order valence-electron chi connectivity index (χ2n) is 8.35. The average Bonchev–Trinajstić information content (AvgIpc) is 3.35. The van der Waals surface area contributed by atoms with Gasteiger partial charge < -0.3 is 5.32 Å². The SMILES string of the molecule is Cn1nc(CC(=O)NC(c2ccc3c(c2)CCCC3)c2cccs2)c2ccccc2c1=O. The van der Waals surface area contributed by atoms with Gasteiger partial charge in [0.2, 0.25) is 5.91 Å². The van der Waals surface area contributed by atoms with Crippen molar-refractivity contribution in [2.24, 2.45) is 7.05 Å². The Kier molecular flexibility index (Phi) is 5.62. The predicted molar refractivity (Wildman–Crippen MR) is 128 cm³/mol. The molecule has 1 N–H and O–H groups in total. The summed E-state index contributed by atoms with van der Waals surface area (Å²) in [5.74, 6) is -0.113. The maximum absolute atomic E-state index is 13.2. The first-order chi connectivity index (χ1) is 15.6. The van der Waals surface area contributed by atoms with Gasteiger partial charge in [-0.1, -0.05) is 42.5 Å². The van der Waals surface area contributed by atoms with E-state index in [4.69, 9.17) is 0 Å². The van der Waals surface area contributed by atoms with Crippen LogP contribution in [0.25, 0.3) is 10.8 Å². The van der Waals surface area contributed by atoms with Crippen LogP contribution in [0.1, 0.15) is 46.1 Å². The third-order valence-corrected chi connectivity index (χ3v) is 7.14. The van der Waals surface area contributed by atoms with E-state index in [-0.39, 0.29) is 23.9 Å². The second-order valence-corrected chi connectivity index (χ2v) is 9.33. The molecule has 1 atom stereocenters. The minimum Gasteiger partial charge on any atom is -0.344 e. The van der Waals surface area contributed by atoms with Gasteiger partial charge in [-0.3, -0.25) is 9.59 Å². The standard InChI is InChI=1S/C26H25N3O2S/c1-29-26(31)21-10-5-4-9-20(21)22(28-29)16-24(30)27-25(23-11-6-14-32-23)19-13-12-17-7-2-3-8-18(17)15-19/h4-6,9-15,25H,2-3,7-8,16H2,1H3,(H,27,30). The number of rotatable bonds is 5. The molecule has 0 spiro atoms. The molecule has 5 nitrogen and oxygen atoms in total. The van der Waals surface area contributed by atoms with Crippen molar-refractivity contribution >= 4 is 28.0 Å². The van der Waals surface area contributed by atoms with Crippen LogP contribution in [0.4, 0.5) is 0 Å². The Hall–Kier alpha value is -3.25. The lowest BCUT2D eigenvalue weighted by Crippen LogP contribution is -2.31. The average molecular weight is 444 g/mol. The maximum atomic E-state index is 13.2. The summed E-state index contributed by atoms with van der Waals surface area (Å²) in [5.41, 5.74) is 4.39. The Morgan fingerprint density at radius 3 is 2.62 bits per heavy atom. The highest BCUT2D eigenvalue weighted by Crippen LogP contribution is 2.30. The number of benzene rings is 2. The molecular formula is C26H25N3O2S. The molecule has 5 rings (SSSR count). The van der Waals surface area contributed by atoms with Crippen molar-refractivity contribution < 1.29 is 4.79 Å². The van der Waals surface area contributed by atoms with Gasteiger partial charge in [0.1, 0.15) is 0 Å². The van der Waals surface area contributed by atoms with Crippen molar-refractivity contribution in [2.45, 2.75) is 38.1 Å². The van der Waals surface area contributed by atoms with Crippen LogP contribution in [0.15, 0.2) is 64.8 Å². The quantitative estimate of drug-likeness (QED) is 0.500. The number of carbonyl (C=O) groups is 1. The molecule has 6 heteroatoms. The molecule has 0 fully saturated rings. The number of thiophene rings is 1. The van der Waals surface area contributed by atoms with Gasteiger partial charge in [-0.25, -0.2) is 4.68 Å². The highest BCUT2D eigenvalue weighted by atomic mass is 32.1. The minimum atomic E-state index is -0.200. The number of carbonyl (C=O) groups excluding carboxylic acids is 1. The van der Waals surface area contributed by atoms with Crippen molar-refractivity contribution in [3.8, 4) is 0 Å². The Bertz CT molecular complexity index is 1340. The fourth-order valence-corrected chi connectivity index (χ4v) is 5.38. The fourth-order valence-electron chi connectivity index (χ4n) is 4.58. The fraction of sp³-hybridized carbons (Fsp3) is 0.269. The van der Waals surface area contributed by atoms with E-state index in [0.717, 1.165) is 28.7 Å². The largest absolute Gasteiger partial charge is 0.344 e. The molecule has 0 saturated heterocycles. The van der Waals surface area contributed by atoms with Crippen LogP contribution < -0.4 is 10.9 Å². The van der Waals surface area contributed by atoms with Crippen molar-refractivity contribution in [1.29, 1.82) is 0 Å². The molecule has 1 aliphatic carbocycles. The topological polar surface area (TPSA) is 64.0 Å². The summed E-state index contributed by atoms with van der Waals surface area (Å²) in [6.07, 6.45) is 4.82. The van der Waals surface area contributed by atoms with Crippen LogP contribution in [0, 0.1) is 0 Å². The molecular weight excluding hydrogens is 418 g/mol. The Morgan fingerprint density at radius 2 is 1.84 bits per heavy atom. The van der Waals surface area contributed by atoms with Crippen molar-refractivity contribution in [1.82, 2.24) is 15.1 Å². The van der Waals surface area contributed by atoms with Crippen LogP contribution in [-0.2, 0) is 31.1 Å². The molecule has 1 aliphatic rings.